The minimum absolute atomic E-state index is 0.218. The molecule has 2 heterocycles. The summed E-state index contributed by atoms with van der Waals surface area (Å²) in [7, 11) is 0. The molecule has 1 aromatic heterocycles. The number of nitrogens with one attached hydrogen (secondary N) is 1. The zero-order valence-electron chi connectivity index (χ0n) is 10.1. The number of carbonyl (C=O) groups is 1. The number of carbonyl (C=O) groups excluding carboxylic acids is 1. The normalized spacial score (nSPS) is 21.6. The van der Waals surface area contributed by atoms with Crippen molar-refractivity contribution >= 4 is 5.91 Å². The van der Waals surface area contributed by atoms with Crippen LogP contribution in [0.1, 0.15) is 17.5 Å². The quantitative estimate of drug-likeness (QED) is 0.766. The molecule has 1 N–H and O–H groups in total. The molecule has 0 aromatic carbocycles. The summed E-state index contributed by atoms with van der Waals surface area (Å²) in [6, 6.07) is 1.61. The van der Waals surface area contributed by atoms with Gasteiger partial charge in [-0.3, -0.25) is 14.5 Å². The van der Waals surface area contributed by atoms with E-state index in [-0.39, 0.29) is 12.5 Å². The van der Waals surface area contributed by atoms with Gasteiger partial charge in [0.1, 0.15) is 5.76 Å². The van der Waals surface area contributed by atoms with Crippen LogP contribution in [0.3, 0.4) is 0 Å². The van der Waals surface area contributed by atoms with E-state index in [0.717, 1.165) is 24.4 Å². The Labute approximate surface area is 99.2 Å². The van der Waals surface area contributed by atoms with Crippen LogP contribution in [0.2, 0.25) is 0 Å². The van der Waals surface area contributed by atoms with Crippen LogP contribution < -0.4 is 10.9 Å². The lowest BCUT2D eigenvalue weighted by molar-refractivity contribution is 0.0663. The van der Waals surface area contributed by atoms with Crippen molar-refractivity contribution in [2.45, 2.75) is 19.9 Å². The Bertz CT molecular complexity index is 463. The molecule has 0 aliphatic carbocycles. The van der Waals surface area contributed by atoms with Gasteiger partial charge < -0.3 is 9.84 Å². The van der Waals surface area contributed by atoms with Gasteiger partial charge in [-0.15, -0.1) is 4.74 Å². The third kappa shape index (κ3) is 2.65. The molecule has 17 heavy (non-hydrogen) atoms. The molecule has 0 bridgehead atoms. The van der Waals surface area contributed by atoms with Crippen molar-refractivity contribution in [1.29, 1.82) is 0 Å². The van der Waals surface area contributed by atoms with E-state index in [9.17, 15) is 9.59 Å². The van der Waals surface area contributed by atoms with Crippen molar-refractivity contribution in [2.24, 2.45) is 0 Å². The summed E-state index contributed by atoms with van der Waals surface area (Å²) in [5, 5.41) is 3.25. The first-order chi connectivity index (χ1) is 8.08. The lowest BCUT2D eigenvalue weighted by atomic mass is 10.2. The maximum atomic E-state index is 11.9. The van der Waals surface area contributed by atoms with E-state index in [0.29, 0.717) is 11.8 Å². The third-order valence-corrected chi connectivity index (χ3v) is 2.97. The van der Waals surface area contributed by atoms with Crippen LogP contribution in [0.5, 0.6) is 0 Å². The van der Waals surface area contributed by atoms with Gasteiger partial charge in [0, 0.05) is 31.7 Å². The van der Waals surface area contributed by atoms with Crippen LogP contribution in [-0.4, -0.2) is 47.8 Å². The van der Waals surface area contributed by atoms with Crippen molar-refractivity contribution in [2.75, 3.05) is 26.2 Å². The van der Waals surface area contributed by atoms with Crippen molar-refractivity contribution in [1.82, 2.24) is 15.0 Å². The Hall–Kier alpha value is -1.40. The smallest absolute Gasteiger partial charge is 0.290 e. The number of aromatic nitrogens is 1. The number of hydrogen-bond acceptors (Lipinski definition) is 5. The van der Waals surface area contributed by atoms with Crippen LogP contribution in [0.25, 0.3) is 0 Å². The van der Waals surface area contributed by atoms with Crippen LogP contribution in [0.4, 0.5) is 0 Å². The fourth-order valence-corrected chi connectivity index (χ4v) is 1.98. The number of aryl methyl sites for hydroxylation is 1. The molecule has 2 rings (SSSR count). The molecule has 1 saturated heterocycles. The standard InChI is InChI=1S/C11H17N3O3/c1-8-6-12-3-4-13(8)7-11(16)14-10(15)5-9(2)17-14/h5,8,12H,3-4,6-7H2,1-2H3/t8-/m1/s1. The molecule has 1 aliphatic rings. The van der Waals surface area contributed by atoms with E-state index in [1.54, 1.807) is 6.92 Å². The second-order valence-corrected chi connectivity index (χ2v) is 4.40. The number of rotatable bonds is 2. The van der Waals surface area contributed by atoms with E-state index in [2.05, 4.69) is 12.2 Å². The first-order valence-electron chi connectivity index (χ1n) is 5.76. The maximum Gasteiger partial charge on any atom is 0.290 e. The first-order valence-corrected chi connectivity index (χ1v) is 5.76. The predicted molar refractivity (Wildman–Crippen MR) is 62.2 cm³/mol. The van der Waals surface area contributed by atoms with E-state index in [1.165, 1.54) is 6.07 Å². The highest BCUT2D eigenvalue weighted by molar-refractivity contribution is 5.79. The minimum Gasteiger partial charge on any atom is -0.373 e. The van der Waals surface area contributed by atoms with E-state index < -0.39 is 5.56 Å². The summed E-state index contributed by atoms with van der Waals surface area (Å²) in [6.45, 7) is 6.45. The fraction of sp³-hybridized carbons (Fsp3) is 0.636. The molecule has 0 spiro atoms. The average molecular weight is 239 g/mol. The number of hydrogen-bond donors (Lipinski definition) is 1. The molecule has 6 heteroatoms. The molecule has 6 nitrogen and oxygen atoms in total. The second kappa shape index (κ2) is 4.85. The highest BCUT2D eigenvalue weighted by Gasteiger charge is 2.22. The molecular formula is C11H17N3O3. The fourth-order valence-electron chi connectivity index (χ4n) is 1.98. The van der Waals surface area contributed by atoms with Crippen LogP contribution in [-0.2, 0) is 0 Å². The zero-order chi connectivity index (χ0) is 12.4. The van der Waals surface area contributed by atoms with Crippen molar-refractivity contribution in [3.05, 3.63) is 22.2 Å². The summed E-state index contributed by atoms with van der Waals surface area (Å²) in [6.07, 6.45) is 0. The Balaban J connectivity index is 2.06. The Kier molecular flexibility index (Phi) is 3.44. The van der Waals surface area contributed by atoms with Crippen molar-refractivity contribution < 1.29 is 9.32 Å². The molecule has 0 radical (unpaired) electrons. The molecule has 0 saturated carbocycles. The molecule has 1 aliphatic heterocycles. The van der Waals surface area contributed by atoms with Crippen LogP contribution >= 0.6 is 0 Å². The van der Waals surface area contributed by atoms with Gasteiger partial charge in [-0.25, -0.2) is 0 Å². The summed E-state index contributed by atoms with van der Waals surface area (Å²) in [4.78, 5) is 25.4. The Morgan fingerprint density at radius 2 is 2.41 bits per heavy atom. The lowest BCUT2D eigenvalue weighted by Crippen LogP contribution is -2.52. The zero-order valence-corrected chi connectivity index (χ0v) is 10.1. The monoisotopic (exact) mass is 239 g/mol. The van der Waals surface area contributed by atoms with Gasteiger partial charge in [-0.05, 0) is 13.8 Å². The highest BCUT2D eigenvalue weighted by atomic mass is 16.5. The van der Waals surface area contributed by atoms with E-state index >= 15 is 0 Å². The van der Waals surface area contributed by atoms with Gasteiger partial charge in [0.05, 0.1) is 6.54 Å². The van der Waals surface area contributed by atoms with Gasteiger partial charge in [0.15, 0.2) is 0 Å². The van der Waals surface area contributed by atoms with Crippen molar-refractivity contribution in [3.8, 4) is 0 Å². The summed E-state index contributed by atoms with van der Waals surface area (Å²) in [5.74, 6) is 0.147. The minimum atomic E-state index is -0.393. The molecule has 1 aromatic rings. The summed E-state index contributed by atoms with van der Waals surface area (Å²) >= 11 is 0. The molecule has 0 amide bonds. The maximum absolute atomic E-state index is 11.9. The van der Waals surface area contributed by atoms with Gasteiger partial charge >= 0.3 is 0 Å². The summed E-state index contributed by atoms with van der Waals surface area (Å²) < 4.78 is 5.90. The van der Waals surface area contributed by atoms with Crippen LogP contribution in [0, 0.1) is 6.92 Å². The molecule has 0 unspecified atom stereocenters. The topological polar surface area (TPSA) is 67.5 Å². The van der Waals surface area contributed by atoms with Gasteiger partial charge in [-0.2, -0.15) is 0 Å². The Morgan fingerprint density at radius 3 is 3.00 bits per heavy atom. The van der Waals surface area contributed by atoms with Gasteiger partial charge in [-0.1, -0.05) is 0 Å². The van der Waals surface area contributed by atoms with E-state index in [4.69, 9.17) is 4.52 Å². The summed E-state index contributed by atoms with van der Waals surface area (Å²) in [5.41, 5.74) is -0.393. The molecule has 1 atom stereocenters. The molecular weight excluding hydrogens is 222 g/mol. The van der Waals surface area contributed by atoms with Gasteiger partial charge in [0.25, 0.3) is 11.5 Å². The van der Waals surface area contributed by atoms with E-state index in [1.807, 2.05) is 4.90 Å². The van der Waals surface area contributed by atoms with Gasteiger partial charge in [0.2, 0.25) is 0 Å². The third-order valence-electron chi connectivity index (χ3n) is 2.97. The number of piperazine rings is 1. The Morgan fingerprint density at radius 1 is 1.65 bits per heavy atom. The van der Waals surface area contributed by atoms with Crippen LogP contribution in [0.15, 0.2) is 15.4 Å². The predicted octanol–water partition coefficient (Wildman–Crippen LogP) is -0.316. The molecule has 1 fully saturated rings. The SMILES string of the molecule is Cc1cc(=O)n(C(=O)CN2CCNC[C@H]2C)o1. The highest BCUT2D eigenvalue weighted by Crippen LogP contribution is 2.03. The largest absolute Gasteiger partial charge is 0.373 e. The average Bonchev–Trinajstić information content (AvgIpc) is 2.61. The number of nitrogens with zero attached hydrogens (tertiary/aromatic N) is 2. The first kappa shape index (κ1) is 12.1. The van der Waals surface area contributed by atoms with Crippen molar-refractivity contribution in [3.63, 3.8) is 0 Å². The lowest BCUT2D eigenvalue weighted by Gasteiger charge is -2.32. The molecule has 94 valence electrons. The second-order valence-electron chi connectivity index (χ2n) is 4.40.